The Morgan fingerprint density at radius 1 is 1.35 bits per heavy atom. The number of likely N-dealkylation sites (tertiary alicyclic amines) is 1. The fraction of sp³-hybridized carbons (Fsp3) is 0.440. The van der Waals surface area contributed by atoms with E-state index < -0.39 is 6.23 Å². The zero-order valence-corrected chi connectivity index (χ0v) is 19.6. The van der Waals surface area contributed by atoms with Crippen LogP contribution >= 0.6 is 0 Å². The molecule has 9 nitrogen and oxygen atoms in total. The molecule has 2 N–H and O–H groups in total. The Bertz CT molecular complexity index is 1190. The van der Waals surface area contributed by atoms with Gasteiger partial charge in [0.25, 0.3) is 5.91 Å². The molecule has 1 aromatic carbocycles. The lowest BCUT2D eigenvalue weighted by atomic mass is 9.98. The maximum atomic E-state index is 12.9. The number of pyridine rings is 1. The average molecular weight is 463 g/mol. The second-order valence-corrected chi connectivity index (χ2v) is 8.78. The number of piperidine rings is 1. The average Bonchev–Trinajstić information content (AvgIpc) is 3.20. The van der Waals surface area contributed by atoms with Crippen LogP contribution in [-0.2, 0) is 11.3 Å². The molecule has 3 heterocycles. The Labute approximate surface area is 199 Å². The SMILES string of the molecule is COCCCn1c(NC(=O)c2cccc(C#N)c2)nc2cc(C(O)N3CCC(C)CC3)cnc21. The summed E-state index contributed by atoms with van der Waals surface area (Å²) in [7, 11) is 1.64. The van der Waals surface area contributed by atoms with Crippen molar-refractivity contribution >= 4 is 23.0 Å². The predicted octanol–water partition coefficient (Wildman–Crippen LogP) is 3.31. The number of anilines is 1. The van der Waals surface area contributed by atoms with Crippen molar-refractivity contribution in [2.24, 2.45) is 5.92 Å². The third-order valence-electron chi connectivity index (χ3n) is 6.28. The molecule has 1 aliphatic heterocycles. The van der Waals surface area contributed by atoms with Crippen molar-refractivity contribution in [3.8, 4) is 6.07 Å². The van der Waals surface area contributed by atoms with Crippen LogP contribution in [0, 0.1) is 17.2 Å². The lowest BCUT2D eigenvalue weighted by molar-refractivity contribution is -0.0175. The van der Waals surface area contributed by atoms with Crippen molar-refractivity contribution in [2.75, 3.05) is 32.1 Å². The number of imidazole rings is 1. The van der Waals surface area contributed by atoms with E-state index in [0.29, 0.717) is 59.3 Å². The van der Waals surface area contributed by atoms with Gasteiger partial charge in [0.2, 0.25) is 5.95 Å². The van der Waals surface area contributed by atoms with Crippen LogP contribution in [0.5, 0.6) is 0 Å². The van der Waals surface area contributed by atoms with Gasteiger partial charge in [0, 0.05) is 50.7 Å². The summed E-state index contributed by atoms with van der Waals surface area (Å²) in [5.74, 6) is 0.680. The maximum absolute atomic E-state index is 12.9. The number of aryl methyl sites for hydroxylation is 1. The van der Waals surface area contributed by atoms with Gasteiger partial charge >= 0.3 is 0 Å². The second kappa shape index (κ2) is 10.7. The topological polar surface area (TPSA) is 116 Å². The van der Waals surface area contributed by atoms with E-state index in [4.69, 9.17) is 10.00 Å². The first-order chi connectivity index (χ1) is 16.5. The molecule has 0 saturated carbocycles. The van der Waals surface area contributed by atoms with Crippen molar-refractivity contribution in [3.63, 3.8) is 0 Å². The molecule has 1 atom stereocenters. The molecule has 0 aliphatic carbocycles. The van der Waals surface area contributed by atoms with E-state index in [0.717, 1.165) is 25.9 Å². The number of aromatic nitrogens is 3. The highest BCUT2D eigenvalue weighted by atomic mass is 16.5. The number of hydrogen-bond donors (Lipinski definition) is 2. The van der Waals surface area contributed by atoms with Gasteiger partial charge in [-0.05, 0) is 49.4 Å². The summed E-state index contributed by atoms with van der Waals surface area (Å²) in [5, 5.41) is 22.9. The highest BCUT2D eigenvalue weighted by Crippen LogP contribution is 2.27. The van der Waals surface area contributed by atoms with Crippen LogP contribution in [0.25, 0.3) is 11.2 Å². The molecule has 1 saturated heterocycles. The van der Waals surface area contributed by atoms with Crippen LogP contribution in [0.2, 0.25) is 0 Å². The molecular weight excluding hydrogens is 432 g/mol. The first-order valence-electron chi connectivity index (χ1n) is 11.6. The fourth-order valence-corrected chi connectivity index (χ4v) is 4.23. The molecule has 0 radical (unpaired) electrons. The number of nitrogens with one attached hydrogen (secondary N) is 1. The van der Waals surface area contributed by atoms with Crippen LogP contribution in [-0.4, -0.2) is 57.3 Å². The number of carbonyl (C=O) groups excluding carboxylic acids is 1. The van der Waals surface area contributed by atoms with Crippen LogP contribution in [0.3, 0.4) is 0 Å². The molecule has 4 rings (SSSR count). The van der Waals surface area contributed by atoms with Crippen LogP contribution < -0.4 is 5.32 Å². The number of hydrogen-bond acceptors (Lipinski definition) is 7. The number of methoxy groups -OCH3 is 1. The van der Waals surface area contributed by atoms with E-state index in [1.54, 1.807) is 37.6 Å². The van der Waals surface area contributed by atoms with Crippen molar-refractivity contribution < 1.29 is 14.6 Å². The number of fused-ring (bicyclic) bond motifs is 1. The normalized spacial score (nSPS) is 15.8. The minimum Gasteiger partial charge on any atom is -0.385 e. The third kappa shape index (κ3) is 5.25. The maximum Gasteiger partial charge on any atom is 0.258 e. The summed E-state index contributed by atoms with van der Waals surface area (Å²) in [4.78, 5) is 24.2. The summed E-state index contributed by atoms with van der Waals surface area (Å²) in [6, 6.07) is 10.4. The molecule has 178 valence electrons. The Hall–Kier alpha value is -3.32. The minimum absolute atomic E-state index is 0.358. The largest absolute Gasteiger partial charge is 0.385 e. The van der Waals surface area contributed by atoms with Gasteiger partial charge in [-0.15, -0.1) is 0 Å². The van der Waals surface area contributed by atoms with Gasteiger partial charge in [-0.1, -0.05) is 13.0 Å². The van der Waals surface area contributed by atoms with E-state index in [1.165, 1.54) is 0 Å². The summed E-state index contributed by atoms with van der Waals surface area (Å²) in [5.41, 5.74) is 2.69. The molecule has 2 aromatic heterocycles. The van der Waals surface area contributed by atoms with E-state index >= 15 is 0 Å². The quantitative estimate of drug-likeness (QED) is 0.493. The smallest absolute Gasteiger partial charge is 0.258 e. The number of amides is 1. The van der Waals surface area contributed by atoms with Crippen LogP contribution in [0.15, 0.2) is 36.5 Å². The Morgan fingerprint density at radius 2 is 2.15 bits per heavy atom. The number of aliphatic hydroxyl groups is 1. The molecule has 3 aromatic rings. The van der Waals surface area contributed by atoms with Crippen molar-refractivity contribution in [1.82, 2.24) is 19.4 Å². The van der Waals surface area contributed by atoms with Gasteiger partial charge in [0.1, 0.15) is 11.7 Å². The first kappa shape index (κ1) is 23.8. The van der Waals surface area contributed by atoms with E-state index in [1.807, 2.05) is 16.7 Å². The molecule has 1 amide bonds. The molecule has 0 bridgehead atoms. The fourth-order valence-electron chi connectivity index (χ4n) is 4.23. The van der Waals surface area contributed by atoms with E-state index in [-0.39, 0.29) is 5.91 Å². The van der Waals surface area contributed by atoms with Gasteiger partial charge in [-0.25, -0.2) is 9.97 Å². The number of nitriles is 1. The lowest BCUT2D eigenvalue weighted by Gasteiger charge is -2.33. The van der Waals surface area contributed by atoms with Gasteiger partial charge in [-0.2, -0.15) is 5.26 Å². The minimum atomic E-state index is -0.741. The molecule has 1 fully saturated rings. The van der Waals surface area contributed by atoms with Crippen molar-refractivity contribution in [1.29, 1.82) is 5.26 Å². The molecule has 0 spiro atoms. The number of aliphatic hydroxyl groups excluding tert-OH is 1. The number of carbonyl (C=O) groups is 1. The standard InChI is InChI=1S/C25H30N6O3/c1-17-7-10-30(11-8-17)24(33)20-14-21-22(27-16-20)31(9-4-12-34-2)25(28-21)29-23(32)19-6-3-5-18(13-19)15-26/h3,5-6,13-14,16-17,24,33H,4,7-12H2,1-2H3,(H,28,29,32). The Morgan fingerprint density at radius 3 is 2.88 bits per heavy atom. The number of rotatable bonds is 8. The van der Waals surface area contributed by atoms with Crippen molar-refractivity contribution in [2.45, 2.75) is 39.0 Å². The van der Waals surface area contributed by atoms with Crippen molar-refractivity contribution in [3.05, 3.63) is 53.2 Å². The monoisotopic (exact) mass is 462 g/mol. The summed E-state index contributed by atoms with van der Waals surface area (Å²) in [6.45, 7) is 5.03. The molecule has 34 heavy (non-hydrogen) atoms. The highest BCUT2D eigenvalue weighted by Gasteiger charge is 2.24. The van der Waals surface area contributed by atoms with Gasteiger partial charge < -0.3 is 9.84 Å². The molecule has 1 aliphatic rings. The summed E-state index contributed by atoms with van der Waals surface area (Å²) < 4.78 is 7.03. The zero-order valence-electron chi connectivity index (χ0n) is 19.6. The van der Waals surface area contributed by atoms with Crippen LogP contribution in [0.1, 0.15) is 53.9 Å². The predicted molar refractivity (Wildman–Crippen MR) is 128 cm³/mol. The summed E-state index contributed by atoms with van der Waals surface area (Å²) in [6.07, 6.45) is 3.78. The second-order valence-electron chi connectivity index (χ2n) is 8.78. The lowest BCUT2D eigenvalue weighted by Crippen LogP contribution is -2.36. The Kier molecular flexibility index (Phi) is 7.53. The van der Waals surface area contributed by atoms with E-state index in [2.05, 4.69) is 27.1 Å². The molecule has 9 heteroatoms. The number of benzene rings is 1. The third-order valence-corrected chi connectivity index (χ3v) is 6.28. The first-order valence-corrected chi connectivity index (χ1v) is 11.6. The molecule has 1 unspecified atom stereocenters. The number of ether oxygens (including phenoxy) is 1. The van der Waals surface area contributed by atoms with Crippen LogP contribution in [0.4, 0.5) is 5.95 Å². The number of nitrogens with zero attached hydrogens (tertiary/aromatic N) is 5. The molecular formula is C25H30N6O3. The van der Waals surface area contributed by atoms with E-state index in [9.17, 15) is 9.90 Å². The summed E-state index contributed by atoms with van der Waals surface area (Å²) >= 11 is 0. The van der Waals surface area contributed by atoms with Gasteiger partial charge in [0.05, 0.1) is 11.6 Å². The van der Waals surface area contributed by atoms with Gasteiger partial charge in [0.15, 0.2) is 5.65 Å². The highest BCUT2D eigenvalue weighted by molar-refractivity contribution is 6.04. The zero-order chi connectivity index (χ0) is 24.1. The van der Waals surface area contributed by atoms with Gasteiger partial charge in [-0.3, -0.25) is 19.6 Å². The Balaban J connectivity index is 1.62.